The van der Waals surface area contributed by atoms with Crippen molar-refractivity contribution in [1.82, 2.24) is 5.32 Å². The highest BCUT2D eigenvalue weighted by Crippen LogP contribution is 2.36. The maximum atomic E-state index is 12.1. The van der Waals surface area contributed by atoms with Crippen molar-refractivity contribution in [2.45, 2.75) is 94.3 Å². The summed E-state index contributed by atoms with van der Waals surface area (Å²) in [6.07, 6.45) is 13.2. The average molecular weight is 537 g/mol. The maximum Gasteiger partial charge on any atom is 0.238 e. The van der Waals surface area contributed by atoms with Gasteiger partial charge in [0.15, 0.2) is 0 Å². The van der Waals surface area contributed by atoms with E-state index in [9.17, 15) is 28.5 Å². The minimum atomic E-state index is -3.70. The van der Waals surface area contributed by atoms with Crippen molar-refractivity contribution >= 4 is 15.9 Å². The number of nitrogens with one attached hydrogen (secondary N) is 1. The molecular formula is C28H44N2O6S. The Kier molecular flexibility index (Phi) is 13.5. The highest BCUT2D eigenvalue weighted by molar-refractivity contribution is 7.89. The van der Waals surface area contributed by atoms with Gasteiger partial charge in [-0.05, 0) is 55.7 Å². The van der Waals surface area contributed by atoms with E-state index >= 15 is 0 Å². The lowest BCUT2D eigenvalue weighted by atomic mass is 9.89. The maximum absolute atomic E-state index is 12.1. The van der Waals surface area contributed by atoms with E-state index in [2.05, 4.69) is 12.2 Å². The standard InChI is InChI=1S/C28H44N2O6S/c1-2-3-6-9-22(31)14-17-25-24(26(32)20-27(25)33)10-7-4-5-8-11-28(34)30-19-18-21-12-15-23(16-13-21)37(29,35)36/h4,7,12-17,22,24-27,31-33H,2-3,5-6,8-11,18-20H2,1H3,(H,30,34)(H2,29,35,36)/b7-4-,17-14+/t22-,24+,25+,26-,27+/m0/s1. The van der Waals surface area contributed by atoms with Crippen LogP contribution in [-0.2, 0) is 21.2 Å². The van der Waals surface area contributed by atoms with Gasteiger partial charge in [-0.1, -0.05) is 62.6 Å². The van der Waals surface area contributed by atoms with Gasteiger partial charge in [0.2, 0.25) is 15.9 Å². The number of rotatable bonds is 16. The summed E-state index contributed by atoms with van der Waals surface area (Å²) in [4.78, 5) is 12.1. The molecule has 0 radical (unpaired) electrons. The number of hydrogen-bond acceptors (Lipinski definition) is 6. The van der Waals surface area contributed by atoms with Crippen LogP contribution in [0.5, 0.6) is 0 Å². The Labute approximate surface area is 221 Å². The zero-order valence-electron chi connectivity index (χ0n) is 21.8. The first kappa shape index (κ1) is 31.2. The summed E-state index contributed by atoms with van der Waals surface area (Å²) in [5, 5.41) is 38.8. The third kappa shape index (κ3) is 11.5. The van der Waals surface area contributed by atoms with Gasteiger partial charge >= 0.3 is 0 Å². The Bertz CT molecular complexity index is 977. The van der Waals surface area contributed by atoms with E-state index < -0.39 is 28.3 Å². The highest BCUT2D eigenvalue weighted by atomic mass is 32.2. The number of aliphatic hydroxyl groups is 3. The van der Waals surface area contributed by atoms with Crippen molar-refractivity contribution in [3.05, 3.63) is 54.1 Å². The van der Waals surface area contributed by atoms with Crippen LogP contribution in [0.4, 0.5) is 0 Å². The third-order valence-corrected chi connectivity index (χ3v) is 7.84. The van der Waals surface area contributed by atoms with Crippen molar-refractivity contribution in [3.8, 4) is 0 Å². The second-order valence-electron chi connectivity index (χ2n) is 9.95. The molecule has 0 spiro atoms. The number of allylic oxidation sites excluding steroid dienone is 2. The van der Waals surface area contributed by atoms with Crippen molar-refractivity contribution in [3.63, 3.8) is 0 Å². The largest absolute Gasteiger partial charge is 0.393 e. The molecular weight excluding hydrogens is 492 g/mol. The number of benzene rings is 1. The number of carbonyl (C=O) groups is 1. The number of hydrogen-bond donors (Lipinski definition) is 5. The topological polar surface area (TPSA) is 150 Å². The van der Waals surface area contributed by atoms with Crippen LogP contribution in [0.25, 0.3) is 0 Å². The van der Waals surface area contributed by atoms with Gasteiger partial charge in [0.1, 0.15) is 0 Å². The molecule has 9 heteroatoms. The molecule has 5 atom stereocenters. The number of aliphatic hydroxyl groups excluding tert-OH is 3. The number of nitrogens with two attached hydrogens (primary N) is 1. The smallest absolute Gasteiger partial charge is 0.238 e. The van der Waals surface area contributed by atoms with Crippen LogP contribution in [0.2, 0.25) is 0 Å². The molecule has 1 aliphatic rings. The molecule has 1 aromatic rings. The van der Waals surface area contributed by atoms with Crippen LogP contribution in [0.15, 0.2) is 53.5 Å². The van der Waals surface area contributed by atoms with Crippen LogP contribution in [0.3, 0.4) is 0 Å². The van der Waals surface area contributed by atoms with Gasteiger partial charge in [0.25, 0.3) is 0 Å². The number of amides is 1. The summed E-state index contributed by atoms with van der Waals surface area (Å²) in [5.41, 5.74) is 0.911. The molecule has 1 aliphatic carbocycles. The van der Waals surface area contributed by atoms with E-state index in [1.807, 2.05) is 18.2 Å². The van der Waals surface area contributed by atoms with Crippen molar-refractivity contribution in [2.75, 3.05) is 6.54 Å². The molecule has 1 amide bonds. The molecule has 208 valence electrons. The fourth-order valence-electron chi connectivity index (χ4n) is 4.69. The van der Waals surface area contributed by atoms with E-state index in [4.69, 9.17) is 5.14 Å². The number of unbranched alkanes of at least 4 members (excludes halogenated alkanes) is 3. The summed E-state index contributed by atoms with van der Waals surface area (Å²) in [7, 11) is -3.70. The lowest BCUT2D eigenvalue weighted by Gasteiger charge is -2.19. The van der Waals surface area contributed by atoms with Crippen molar-refractivity contribution in [2.24, 2.45) is 17.0 Å². The Morgan fingerprint density at radius 2 is 1.86 bits per heavy atom. The summed E-state index contributed by atoms with van der Waals surface area (Å²) >= 11 is 0. The first-order chi connectivity index (χ1) is 17.6. The lowest BCUT2D eigenvalue weighted by molar-refractivity contribution is -0.121. The van der Waals surface area contributed by atoms with Gasteiger partial charge in [-0.25, -0.2) is 13.6 Å². The number of sulfonamides is 1. The van der Waals surface area contributed by atoms with Crippen LogP contribution in [0, 0.1) is 11.8 Å². The molecule has 8 nitrogen and oxygen atoms in total. The molecule has 0 aromatic heterocycles. The van der Waals surface area contributed by atoms with E-state index in [1.54, 1.807) is 18.2 Å². The zero-order valence-corrected chi connectivity index (χ0v) is 22.7. The number of primary sulfonamides is 1. The SMILES string of the molecule is CCCCC[C@H](O)/C=C/[C@@H]1[C@@H](C/C=C\CCCC(=O)NCCc2ccc(S(N)(=O)=O)cc2)[C@@H](O)C[C@H]1O. The van der Waals surface area contributed by atoms with Gasteiger partial charge < -0.3 is 20.6 Å². The van der Waals surface area contributed by atoms with Gasteiger partial charge in [-0.15, -0.1) is 0 Å². The molecule has 0 saturated heterocycles. The molecule has 1 saturated carbocycles. The molecule has 37 heavy (non-hydrogen) atoms. The highest BCUT2D eigenvalue weighted by Gasteiger charge is 2.39. The van der Waals surface area contributed by atoms with Crippen molar-refractivity contribution in [1.29, 1.82) is 0 Å². The van der Waals surface area contributed by atoms with Crippen LogP contribution in [-0.4, -0.2) is 54.5 Å². The van der Waals surface area contributed by atoms with Gasteiger partial charge in [0.05, 0.1) is 23.2 Å². The van der Waals surface area contributed by atoms with Crippen LogP contribution < -0.4 is 10.5 Å². The predicted molar refractivity (Wildman–Crippen MR) is 145 cm³/mol. The van der Waals surface area contributed by atoms with Gasteiger partial charge in [0, 0.05) is 25.3 Å². The normalized spacial score (nSPS) is 23.2. The second kappa shape index (κ2) is 16.0. The molecule has 1 fully saturated rings. The summed E-state index contributed by atoms with van der Waals surface area (Å²) in [6, 6.07) is 6.29. The molecule has 6 N–H and O–H groups in total. The van der Waals surface area contributed by atoms with E-state index in [0.29, 0.717) is 45.1 Å². The molecule has 2 rings (SSSR count). The van der Waals surface area contributed by atoms with Gasteiger partial charge in [-0.3, -0.25) is 4.79 Å². The predicted octanol–water partition coefficient (Wildman–Crippen LogP) is 2.96. The monoisotopic (exact) mass is 536 g/mol. The Morgan fingerprint density at radius 3 is 2.54 bits per heavy atom. The molecule has 0 heterocycles. The molecule has 0 unspecified atom stereocenters. The molecule has 1 aromatic carbocycles. The minimum absolute atomic E-state index is 0.0356. The Hall–Kier alpha value is -2.04. The summed E-state index contributed by atoms with van der Waals surface area (Å²) < 4.78 is 22.6. The number of carbonyl (C=O) groups excluding carboxylic acids is 1. The van der Waals surface area contributed by atoms with E-state index in [-0.39, 0.29) is 22.6 Å². The fraction of sp³-hybridized carbons (Fsp3) is 0.607. The third-order valence-electron chi connectivity index (χ3n) is 6.91. The Balaban J connectivity index is 1.66. The van der Waals surface area contributed by atoms with E-state index in [0.717, 1.165) is 31.2 Å². The zero-order chi connectivity index (χ0) is 27.3. The van der Waals surface area contributed by atoms with E-state index in [1.165, 1.54) is 12.1 Å². The first-order valence-electron chi connectivity index (χ1n) is 13.4. The lowest BCUT2D eigenvalue weighted by Crippen LogP contribution is -2.25. The van der Waals surface area contributed by atoms with Crippen molar-refractivity contribution < 1.29 is 28.5 Å². The molecule has 0 aliphatic heterocycles. The van der Waals surface area contributed by atoms with Crippen LogP contribution in [0.1, 0.15) is 70.3 Å². The Morgan fingerprint density at radius 1 is 1.14 bits per heavy atom. The second-order valence-corrected chi connectivity index (χ2v) is 11.5. The quantitative estimate of drug-likeness (QED) is 0.162. The summed E-state index contributed by atoms with van der Waals surface area (Å²) in [5.74, 6) is -0.304. The fourth-order valence-corrected chi connectivity index (χ4v) is 5.21. The van der Waals surface area contributed by atoms with Gasteiger partial charge in [-0.2, -0.15) is 0 Å². The summed E-state index contributed by atoms with van der Waals surface area (Å²) in [6.45, 7) is 2.59. The van der Waals surface area contributed by atoms with Crippen LogP contribution >= 0.6 is 0 Å². The average Bonchev–Trinajstić information content (AvgIpc) is 3.11. The first-order valence-corrected chi connectivity index (χ1v) is 14.9. The molecule has 0 bridgehead atoms. The minimum Gasteiger partial charge on any atom is -0.393 e.